The molecule has 2 aromatic carbocycles. The van der Waals surface area contributed by atoms with Crippen LogP contribution in [-0.4, -0.2) is 11.6 Å². The van der Waals surface area contributed by atoms with E-state index in [4.69, 9.17) is 4.74 Å². The van der Waals surface area contributed by atoms with E-state index < -0.39 is 17.8 Å². The van der Waals surface area contributed by atoms with Crippen LogP contribution in [0.25, 0.3) is 0 Å². The molecule has 0 aliphatic carbocycles. The van der Waals surface area contributed by atoms with E-state index in [-0.39, 0.29) is 6.61 Å². The number of hydrogen-bond acceptors (Lipinski definition) is 2. The molecule has 1 atom stereocenters. The number of hydrogen-bond donors (Lipinski definition) is 1. The van der Waals surface area contributed by atoms with Crippen LogP contribution in [-0.2, 0) is 11.3 Å². The Kier molecular flexibility index (Phi) is 5.15. The van der Waals surface area contributed by atoms with E-state index in [2.05, 4.69) is 5.32 Å². The summed E-state index contributed by atoms with van der Waals surface area (Å²) in [6.45, 7) is 3.42. The Morgan fingerprint density at radius 3 is 2.23 bits per heavy atom. The van der Waals surface area contributed by atoms with Crippen molar-refractivity contribution in [3.8, 4) is 0 Å². The quantitative estimate of drug-likeness (QED) is 0.888. The average molecular weight is 301 g/mol. The predicted molar refractivity (Wildman–Crippen MR) is 84.1 cm³/mol. The van der Waals surface area contributed by atoms with Gasteiger partial charge in [-0.05, 0) is 25.0 Å². The lowest BCUT2D eigenvalue weighted by molar-refractivity contribution is 0.111. The van der Waals surface area contributed by atoms with E-state index in [0.29, 0.717) is 5.56 Å². The Labute approximate surface area is 130 Å². The minimum absolute atomic E-state index is 0.158. The number of amides is 1. The monoisotopic (exact) mass is 301 g/mol. The van der Waals surface area contributed by atoms with Gasteiger partial charge in [-0.25, -0.2) is 9.18 Å². The zero-order valence-electron chi connectivity index (χ0n) is 12.8. The smallest absolute Gasteiger partial charge is 0.407 e. The maximum atomic E-state index is 14.6. The van der Waals surface area contributed by atoms with Crippen LogP contribution in [0.15, 0.2) is 60.7 Å². The first-order chi connectivity index (χ1) is 10.5. The molecule has 2 aromatic rings. The van der Waals surface area contributed by atoms with Gasteiger partial charge in [0, 0.05) is 0 Å². The molecule has 0 aromatic heterocycles. The number of ether oxygens (including phenoxy) is 1. The van der Waals surface area contributed by atoms with Gasteiger partial charge in [0.2, 0.25) is 0 Å². The van der Waals surface area contributed by atoms with Gasteiger partial charge >= 0.3 is 6.09 Å². The lowest BCUT2D eigenvalue weighted by Crippen LogP contribution is -2.47. The van der Waals surface area contributed by atoms with Gasteiger partial charge in [-0.2, -0.15) is 0 Å². The minimum atomic E-state index is -1.32. The molecule has 0 heterocycles. The lowest BCUT2D eigenvalue weighted by Gasteiger charge is -2.29. The van der Waals surface area contributed by atoms with Crippen LogP contribution in [0.1, 0.15) is 31.1 Å². The summed E-state index contributed by atoms with van der Waals surface area (Å²) in [4.78, 5) is 11.9. The van der Waals surface area contributed by atoms with Gasteiger partial charge in [-0.1, -0.05) is 60.7 Å². The van der Waals surface area contributed by atoms with E-state index in [1.165, 1.54) is 0 Å². The lowest BCUT2D eigenvalue weighted by atomic mass is 9.93. The molecule has 1 N–H and O–H groups in total. The standard InChI is InChI=1S/C18H20FNO2/c1-18(2,16(19)15-11-7-4-8-12-15)20-17(21)22-13-14-9-5-3-6-10-14/h3-12,16H,13H2,1-2H3,(H,20,21). The molecule has 0 fully saturated rings. The molecule has 1 unspecified atom stereocenters. The Hall–Kier alpha value is -2.36. The van der Waals surface area contributed by atoms with Crippen molar-refractivity contribution in [1.29, 1.82) is 0 Å². The maximum absolute atomic E-state index is 14.6. The van der Waals surface area contributed by atoms with E-state index in [0.717, 1.165) is 5.56 Å². The summed E-state index contributed by atoms with van der Waals surface area (Å²) in [5, 5.41) is 2.59. The highest BCUT2D eigenvalue weighted by Gasteiger charge is 2.33. The fourth-order valence-electron chi connectivity index (χ4n) is 2.12. The van der Waals surface area contributed by atoms with Crippen molar-refractivity contribution in [2.45, 2.75) is 32.2 Å². The third kappa shape index (κ3) is 4.32. The fourth-order valence-corrected chi connectivity index (χ4v) is 2.12. The average Bonchev–Trinajstić information content (AvgIpc) is 2.53. The highest BCUT2D eigenvalue weighted by atomic mass is 19.1. The molecule has 0 radical (unpaired) electrons. The Morgan fingerprint density at radius 1 is 1.09 bits per heavy atom. The van der Waals surface area contributed by atoms with Crippen LogP contribution in [0.5, 0.6) is 0 Å². The van der Waals surface area contributed by atoms with E-state index >= 15 is 0 Å². The molecule has 0 bridgehead atoms. The molecule has 4 heteroatoms. The molecular weight excluding hydrogens is 281 g/mol. The number of rotatable bonds is 5. The van der Waals surface area contributed by atoms with Gasteiger partial charge in [-0.3, -0.25) is 0 Å². The molecule has 0 saturated heterocycles. The van der Waals surface area contributed by atoms with Crippen LogP contribution in [0.4, 0.5) is 9.18 Å². The number of carbonyl (C=O) groups is 1. The number of alkyl halides is 1. The van der Waals surface area contributed by atoms with Crippen LogP contribution in [0.2, 0.25) is 0 Å². The molecule has 0 saturated carbocycles. The van der Waals surface area contributed by atoms with Gasteiger partial charge in [0.1, 0.15) is 12.8 Å². The number of benzene rings is 2. The molecule has 1 amide bonds. The first kappa shape index (κ1) is 16.0. The maximum Gasteiger partial charge on any atom is 0.407 e. The van der Waals surface area contributed by atoms with Crippen molar-refractivity contribution in [3.63, 3.8) is 0 Å². The highest BCUT2D eigenvalue weighted by Crippen LogP contribution is 2.29. The number of nitrogens with one attached hydrogen (secondary N) is 1. The van der Waals surface area contributed by atoms with Crippen LogP contribution < -0.4 is 5.32 Å². The minimum Gasteiger partial charge on any atom is -0.445 e. The first-order valence-electron chi connectivity index (χ1n) is 7.17. The SMILES string of the molecule is CC(C)(NC(=O)OCc1ccccc1)C(F)c1ccccc1. The van der Waals surface area contributed by atoms with Crippen molar-refractivity contribution in [2.24, 2.45) is 0 Å². The highest BCUT2D eigenvalue weighted by molar-refractivity contribution is 5.68. The van der Waals surface area contributed by atoms with Gasteiger partial charge in [0.25, 0.3) is 0 Å². The van der Waals surface area contributed by atoms with Gasteiger partial charge < -0.3 is 10.1 Å². The van der Waals surface area contributed by atoms with Gasteiger partial charge in [0.05, 0.1) is 5.54 Å². The van der Waals surface area contributed by atoms with Crippen molar-refractivity contribution in [2.75, 3.05) is 0 Å². The Bertz CT molecular complexity index is 599. The van der Waals surface area contributed by atoms with Crippen molar-refractivity contribution >= 4 is 6.09 Å². The second-order valence-corrected chi connectivity index (χ2v) is 5.68. The zero-order chi connectivity index (χ0) is 16.0. The summed E-state index contributed by atoms with van der Waals surface area (Å²) in [7, 11) is 0. The Balaban J connectivity index is 1.92. The number of alkyl carbamates (subject to hydrolysis) is 1. The van der Waals surface area contributed by atoms with Crippen LogP contribution in [0, 0.1) is 0 Å². The summed E-state index contributed by atoms with van der Waals surface area (Å²) in [5.74, 6) is 0. The molecule has 0 aliphatic rings. The van der Waals surface area contributed by atoms with E-state index in [1.54, 1.807) is 38.1 Å². The summed E-state index contributed by atoms with van der Waals surface area (Å²) in [6.07, 6.45) is -1.95. The Morgan fingerprint density at radius 2 is 1.64 bits per heavy atom. The molecule has 0 spiro atoms. The fraction of sp³-hybridized carbons (Fsp3) is 0.278. The van der Waals surface area contributed by atoms with Crippen LogP contribution >= 0.6 is 0 Å². The third-order valence-electron chi connectivity index (χ3n) is 3.36. The predicted octanol–water partition coefficient (Wildman–Crippen LogP) is 4.40. The van der Waals surface area contributed by atoms with E-state index in [9.17, 15) is 9.18 Å². The van der Waals surface area contributed by atoms with Gasteiger partial charge in [-0.15, -0.1) is 0 Å². The number of halogens is 1. The van der Waals surface area contributed by atoms with Gasteiger partial charge in [0.15, 0.2) is 0 Å². The molecule has 3 nitrogen and oxygen atoms in total. The topological polar surface area (TPSA) is 38.3 Å². The molecular formula is C18H20FNO2. The second-order valence-electron chi connectivity index (χ2n) is 5.68. The first-order valence-corrected chi connectivity index (χ1v) is 7.17. The summed E-state index contributed by atoms with van der Waals surface area (Å²) in [6, 6.07) is 18.1. The van der Waals surface area contributed by atoms with Crippen molar-refractivity contribution in [3.05, 3.63) is 71.8 Å². The van der Waals surface area contributed by atoms with Crippen molar-refractivity contribution < 1.29 is 13.9 Å². The number of carbonyl (C=O) groups excluding carboxylic acids is 1. The zero-order valence-corrected chi connectivity index (χ0v) is 12.8. The molecule has 116 valence electrons. The largest absolute Gasteiger partial charge is 0.445 e. The van der Waals surface area contributed by atoms with Crippen LogP contribution in [0.3, 0.4) is 0 Å². The van der Waals surface area contributed by atoms with Crippen molar-refractivity contribution in [1.82, 2.24) is 5.32 Å². The van der Waals surface area contributed by atoms with E-state index in [1.807, 2.05) is 36.4 Å². The molecule has 0 aliphatic heterocycles. The summed E-state index contributed by atoms with van der Waals surface area (Å²) in [5.41, 5.74) is 0.348. The summed E-state index contributed by atoms with van der Waals surface area (Å²) < 4.78 is 19.7. The normalized spacial score (nSPS) is 12.5. The molecule has 2 rings (SSSR count). The molecule has 22 heavy (non-hydrogen) atoms. The summed E-state index contributed by atoms with van der Waals surface area (Å²) >= 11 is 0. The second kappa shape index (κ2) is 7.07. The third-order valence-corrected chi connectivity index (χ3v) is 3.36.